The number of nitrogens with one attached hydrogen (secondary N) is 1. The van der Waals surface area contributed by atoms with Crippen LogP contribution in [0.4, 0.5) is 0 Å². The van der Waals surface area contributed by atoms with E-state index in [9.17, 15) is 4.79 Å². The van der Waals surface area contributed by atoms with Crippen LogP contribution in [0.5, 0.6) is 0 Å². The second kappa shape index (κ2) is 9.68. The lowest BCUT2D eigenvalue weighted by Gasteiger charge is -1.96. The standard InChI is InChI=1S/C6H10O2.C2H5NO/c1-4-8-6(7)5(2)3;1-3-2-4/h2,4H2,1,3H3;2H,1H3,(H,3,4). The van der Waals surface area contributed by atoms with E-state index in [0.717, 1.165) is 0 Å². The maximum absolute atomic E-state index is 10.4. The molecule has 0 saturated carbocycles. The van der Waals surface area contributed by atoms with Gasteiger partial charge in [-0.1, -0.05) is 6.58 Å². The van der Waals surface area contributed by atoms with Crippen molar-refractivity contribution >= 4 is 12.4 Å². The van der Waals surface area contributed by atoms with Gasteiger partial charge in [0.25, 0.3) is 0 Å². The predicted molar refractivity (Wildman–Crippen MR) is 46.6 cm³/mol. The normalized spacial score (nSPS) is 7.25. The molecule has 0 saturated heterocycles. The highest BCUT2D eigenvalue weighted by Crippen LogP contribution is 1.89. The van der Waals surface area contributed by atoms with Gasteiger partial charge in [-0.25, -0.2) is 4.79 Å². The fraction of sp³-hybridized carbons (Fsp3) is 0.500. The summed E-state index contributed by atoms with van der Waals surface area (Å²) in [6.45, 7) is 7.21. The van der Waals surface area contributed by atoms with Crippen LogP contribution in [0.15, 0.2) is 12.2 Å². The van der Waals surface area contributed by atoms with Crippen LogP contribution in [0.1, 0.15) is 13.8 Å². The van der Waals surface area contributed by atoms with Crippen molar-refractivity contribution in [2.24, 2.45) is 0 Å². The summed E-state index contributed by atoms with van der Waals surface area (Å²) in [5.41, 5.74) is 0.451. The van der Waals surface area contributed by atoms with Crippen molar-refractivity contribution in [3.05, 3.63) is 12.2 Å². The summed E-state index contributed by atoms with van der Waals surface area (Å²) in [6.07, 6.45) is 0.625. The van der Waals surface area contributed by atoms with Gasteiger partial charge in [0, 0.05) is 12.6 Å². The van der Waals surface area contributed by atoms with Crippen molar-refractivity contribution in [3.8, 4) is 0 Å². The molecule has 1 amide bonds. The number of esters is 1. The smallest absolute Gasteiger partial charge is 0.333 e. The van der Waals surface area contributed by atoms with Crippen LogP contribution in [-0.2, 0) is 14.3 Å². The molecule has 12 heavy (non-hydrogen) atoms. The summed E-state index contributed by atoms with van der Waals surface area (Å²) in [5, 5.41) is 2.25. The molecule has 0 aliphatic carbocycles. The summed E-state index contributed by atoms with van der Waals surface area (Å²) in [7, 11) is 1.56. The Labute approximate surface area is 72.6 Å². The lowest BCUT2D eigenvalue weighted by molar-refractivity contribution is -0.138. The van der Waals surface area contributed by atoms with Crippen LogP contribution in [0, 0.1) is 0 Å². The molecular weight excluding hydrogens is 158 g/mol. The van der Waals surface area contributed by atoms with Crippen molar-refractivity contribution in [1.82, 2.24) is 5.32 Å². The predicted octanol–water partition coefficient (Wildman–Crippen LogP) is 0.488. The number of amides is 1. The number of carbonyl (C=O) groups is 2. The van der Waals surface area contributed by atoms with Gasteiger partial charge in [0.1, 0.15) is 0 Å². The zero-order chi connectivity index (χ0) is 9.98. The molecule has 0 atom stereocenters. The van der Waals surface area contributed by atoms with E-state index >= 15 is 0 Å². The van der Waals surface area contributed by atoms with Gasteiger partial charge < -0.3 is 10.1 Å². The van der Waals surface area contributed by atoms with Gasteiger partial charge >= 0.3 is 5.97 Å². The van der Waals surface area contributed by atoms with Crippen LogP contribution in [0.2, 0.25) is 0 Å². The number of ether oxygens (including phenoxy) is 1. The van der Waals surface area contributed by atoms with Gasteiger partial charge in [0.05, 0.1) is 6.61 Å². The van der Waals surface area contributed by atoms with Crippen molar-refractivity contribution in [1.29, 1.82) is 0 Å². The number of hydrogen-bond donors (Lipinski definition) is 1. The van der Waals surface area contributed by atoms with E-state index in [-0.39, 0.29) is 5.97 Å². The summed E-state index contributed by atoms with van der Waals surface area (Å²) >= 11 is 0. The maximum Gasteiger partial charge on any atom is 0.333 e. The van der Waals surface area contributed by atoms with Gasteiger partial charge in [0.15, 0.2) is 0 Å². The molecule has 0 heterocycles. The maximum atomic E-state index is 10.4. The third kappa shape index (κ3) is 11.5. The lowest BCUT2D eigenvalue weighted by atomic mass is 10.4. The second-order valence-electron chi connectivity index (χ2n) is 1.91. The molecule has 0 aliphatic rings. The SMILES string of the molecule is C=C(C)C(=O)OCC.CNC=O. The zero-order valence-corrected chi connectivity index (χ0v) is 7.72. The summed E-state index contributed by atoms with van der Waals surface area (Å²) in [6, 6.07) is 0. The van der Waals surface area contributed by atoms with Crippen molar-refractivity contribution < 1.29 is 14.3 Å². The Balaban J connectivity index is 0. The average Bonchev–Trinajstić information content (AvgIpc) is 2.05. The molecule has 0 aromatic heterocycles. The zero-order valence-electron chi connectivity index (χ0n) is 7.72. The monoisotopic (exact) mass is 173 g/mol. The average molecular weight is 173 g/mol. The summed E-state index contributed by atoms with van der Waals surface area (Å²) in [5.74, 6) is -0.312. The largest absolute Gasteiger partial charge is 0.463 e. The Hall–Kier alpha value is -1.32. The highest BCUT2D eigenvalue weighted by molar-refractivity contribution is 5.86. The van der Waals surface area contributed by atoms with Crippen LogP contribution in [0.3, 0.4) is 0 Å². The summed E-state index contributed by atoms with van der Waals surface area (Å²) in [4.78, 5) is 19.5. The third-order valence-corrected chi connectivity index (χ3v) is 0.742. The number of carbonyl (C=O) groups excluding carboxylic acids is 2. The molecule has 4 nitrogen and oxygen atoms in total. The minimum Gasteiger partial charge on any atom is -0.463 e. The van der Waals surface area contributed by atoms with E-state index in [4.69, 9.17) is 4.79 Å². The summed E-state index contributed by atoms with van der Waals surface area (Å²) < 4.78 is 4.56. The first kappa shape index (κ1) is 13.3. The van der Waals surface area contributed by atoms with Gasteiger partial charge in [-0.2, -0.15) is 0 Å². The molecule has 0 fully saturated rings. The molecular formula is C8H15NO3. The van der Waals surface area contributed by atoms with Gasteiger partial charge in [0.2, 0.25) is 6.41 Å². The van der Waals surface area contributed by atoms with Crippen molar-refractivity contribution in [2.75, 3.05) is 13.7 Å². The number of rotatable bonds is 3. The van der Waals surface area contributed by atoms with Crippen molar-refractivity contribution in [2.45, 2.75) is 13.8 Å². The highest BCUT2D eigenvalue weighted by atomic mass is 16.5. The quantitative estimate of drug-likeness (QED) is 0.384. The van der Waals surface area contributed by atoms with Gasteiger partial charge in [-0.15, -0.1) is 0 Å². The third-order valence-electron chi connectivity index (χ3n) is 0.742. The Kier molecular flexibility index (Phi) is 10.7. The second-order valence-corrected chi connectivity index (χ2v) is 1.91. The van der Waals surface area contributed by atoms with E-state index in [1.54, 1.807) is 20.9 Å². The fourth-order valence-electron chi connectivity index (χ4n) is 0.254. The van der Waals surface area contributed by atoms with Gasteiger partial charge in [-0.3, -0.25) is 4.79 Å². The first-order chi connectivity index (χ1) is 5.59. The van der Waals surface area contributed by atoms with E-state index in [0.29, 0.717) is 18.6 Å². The molecule has 1 N–H and O–H groups in total. The topological polar surface area (TPSA) is 55.4 Å². The molecule has 0 spiro atoms. The molecule has 0 radical (unpaired) electrons. The van der Waals surface area contributed by atoms with Gasteiger partial charge in [-0.05, 0) is 13.8 Å². The van der Waals surface area contributed by atoms with Crippen LogP contribution >= 0.6 is 0 Å². The van der Waals surface area contributed by atoms with Crippen LogP contribution < -0.4 is 5.32 Å². The minimum absolute atomic E-state index is 0.312. The first-order valence-corrected chi connectivity index (χ1v) is 3.53. The van der Waals surface area contributed by atoms with E-state index in [2.05, 4.69) is 16.6 Å². The highest BCUT2D eigenvalue weighted by Gasteiger charge is 1.98. The lowest BCUT2D eigenvalue weighted by Crippen LogP contribution is -2.03. The fourth-order valence-corrected chi connectivity index (χ4v) is 0.254. The minimum atomic E-state index is -0.312. The van der Waals surface area contributed by atoms with E-state index in [1.165, 1.54) is 0 Å². The van der Waals surface area contributed by atoms with Crippen molar-refractivity contribution in [3.63, 3.8) is 0 Å². The van der Waals surface area contributed by atoms with Crippen LogP contribution in [-0.4, -0.2) is 26.0 Å². The molecule has 4 heteroatoms. The molecule has 0 aliphatic heterocycles. The number of hydrogen-bond acceptors (Lipinski definition) is 3. The Morgan fingerprint density at radius 2 is 2.08 bits per heavy atom. The van der Waals surface area contributed by atoms with Crippen LogP contribution in [0.25, 0.3) is 0 Å². The molecule has 0 unspecified atom stereocenters. The Bertz CT molecular complexity index is 154. The van der Waals surface area contributed by atoms with E-state index in [1.807, 2.05) is 0 Å². The molecule has 0 aromatic carbocycles. The van der Waals surface area contributed by atoms with E-state index < -0.39 is 0 Å². The Morgan fingerprint density at radius 3 is 2.17 bits per heavy atom. The first-order valence-electron chi connectivity index (χ1n) is 3.53. The molecule has 0 rings (SSSR count). The molecule has 0 aromatic rings. The Morgan fingerprint density at radius 1 is 1.67 bits per heavy atom. The molecule has 70 valence electrons. The molecule has 0 bridgehead atoms.